The van der Waals surface area contributed by atoms with Gasteiger partial charge in [-0.2, -0.15) is 0 Å². The summed E-state index contributed by atoms with van der Waals surface area (Å²) in [7, 11) is 2.11. The number of anilines is 1. The van der Waals surface area contributed by atoms with E-state index in [0.29, 0.717) is 6.04 Å². The molecule has 0 aliphatic carbocycles. The number of nitrogens with zero attached hydrogens (tertiary/aromatic N) is 1. The molecule has 0 amide bonds. The number of aliphatic hydroxyl groups is 1. The molecule has 2 N–H and O–H groups in total. The molecule has 0 heterocycles. The SMILES string of the molecule is CC(C)NCc1cc(Cl)ccc1N(C)CCCCCO. The average molecular weight is 299 g/mol. The zero-order valence-corrected chi connectivity index (χ0v) is 13.6. The van der Waals surface area contributed by atoms with E-state index in [-0.39, 0.29) is 6.61 Å². The molecule has 0 aromatic heterocycles. The minimum Gasteiger partial charge on any atom is -0.396 e. The topological polar surface area (TPSA) is 35.5 Å². The van der Waals surface area contributed by atoms with E-state index in [1.807, 2.05) is 12.1 Å². The van der Waals surface area contributed by atoms with Gasteiger partial charge in [0, 0.05) is 43.5 Å². The van der Waals surface area contributed by atoms with Crippen LogP contribution in [-0.2, 0) is 6.54 Å². The Hall–Kier alpha value is -0.770. The van der Waals surface area contributed by atoms with Crippen molar-refractivity contribution < 1.29 is 5.11 Å². The molecular weight excluding hydrogens is 272 g/mol. The average Bonchev–Trinajstić information content (AvgIpc) is 2.41. The van der Waals surface area contributed by atoms with E-state index in [2.05, 4.69) is 37.2 Å². The Labute approximate surface area is 127 Å². The summed E-state index contributed by atoms with van der Waals surface area (Å²) in [5.74, 6) is 0. The number of hydrogen-bond donors (Lipinski definition) is 2. The first kappa shape index (κ1) is 17.3. The summed E-state index contributed by atoms with van der Waals surface area (Å²) in [6, 6.07) is 6.53. The first-order chi connectivity index (χ1) is 9.54. The smallest absolute Gasteiger partial charge is 0.0431 e. The fraction of sp³-hybridized carbons (Fsp3) is 0.625. The molecular formula is C16H27ClN2O. The number of nitrogens with one attached hydrogen (secondary N) is 1. The predicted octanol–water partition coefficient (Wildman–Crippen LogP) is 3.44. The van der Waals surface area contributed by atoms with Crippen molar-refractivity contribution in [3.05, 3.63) is 28.8 Å². The molecule has 0 aliphatic rings. The van der Waals surface area contributed by atoms with Gasteiger partial charge in [0.05, 0.1) is 0 Å². The van der Waals surface area contributed by atoms with Crippen LogP contribution >= 0.6 is 11.6 Å². The van der Waals surface area contributed by atoms with Gasteiger partial charge < -0.3 is 15.3 Å². The first-order valence-electron chi connectivity index (χ1n) is 7.38. The highest BCUT2D eigenvalue weighted by Gasteiger charge is 2.08. The van der Waals surface area contributed by atoms with E-state index in [4.69, 9.17) is 16.7 Å². The lowest BCUT2D eigenvalue weighted by Gasteiger charge is -2.23. The van der Waals surface area contributed by atoms with Gasteiger partial charge in [0.15, 0.2) is 0 Å². The summed E-state index contributed by atoms with van der Waals surface area (Å²) in [5.41, 5.74) is 2.46. The van der Waals surface area contributed by atoms with Gasteiger partial charge in [-0.3, -0.25) is 0 Å². The summed E-state index contributed by atoms with van der Waals surface area (Å²) < 4.78 is 0. The summed E-state index contributed by atoms with van der Waals surface area (Å²) in [6.45, 7) is 6.39. The maximum atomic E-state index is 8.81. The Bertz CT molecular complexity index is 396. The fourth-order valence-corrected chi connectivity index (χ4v) is 2.33. The lowest BCUT2D eigenvalue weighted by Crippen LogP contribution is -2.25. The molecule has 0 spiro atoms. The molecule has 4 heteroatoms. The standard InChI is InChI=1S/C16H27ClN2O/c1-13(2)18-12-14-11-15(17)7-8-16(14)19(3)9-5-4-6-10-20/h7-8,11,13,18,20H,4-6,9-10,12H2,1-3H3. The molecule has 0 saturated heterocycles. The second-order valence-electron chi connectivity index (χ2n) is 5.51. The van der Waals surface area contributed by atoms with Crippen LogP contribution in [0, 0.1) is 0 Å². The van der Waals surface area contributed by atoms with Crippen LogP contribution in [0.5, 0.6) is 0 Å². The number of benzene rings is 1. The summed E-state index contributed by atoms with van der Waals surface area (Å²) in [6.07, 6.45) is 3.04. The van der Waals surface area contributed by atoms with Gasteiger partial charge in [-0.25, -0.2) is 0 Å². The van der Waals surface area contributed by atoms with Crippen LogP contribution in [0.2, 0.25) is 5.02 Å². The van der Waals surface area contributed by atoms with E-state index in [9.17, 15) is 0 Å². The zero-order valence-electron chi connectivity index (χ0n) is 12.8. The van der Waals surface area contributed by atoms with Crippen molar-refractivity contribution >= 4 is 17.3 Å². The zero-order chi connectivity index (χ0) is 15.0. The highest BCUT2D eigenvalue weighted by Crippen LogP contribution is 2.24. The normalized spacial score (nSPS) is 11.1. The maximum Gasteiger partial charge on any atom is 0.0431 e. The van der Waals surface area contributed by atoms with Crippen LogP contribution in [0.15, 0.2) is 18.2 Å². The molecule has 0 aliphatic heterocycles. The van der Waals surface area contributed by atoms with Gasteiger partial charge in [0.1, 0.15) is 0 Å². The quantitative estimate of drug-likeness (QED) is 0.686. The highest BCUT2D eigenvalue weighted by molar-refractivity contribution is 6.30. The second kappa shape index (κ2) is 9.22. The third-order valence-electron chi connectivity index (χ3n) is 3.31. The minimum atomic E-state index is 0.286. The van der Waals surface area contributed by atoms with Crippen LogP contribution in [-0.4, -0.2) is 31.3 Å². The number of rotatable bonds is 9. The largest absolute Gasteiger partial charge is 0.396 e. The lowest BCUT2D eigenvalue weighted by molar-refractivity contribution is 0.283. The second-order valence-corrected chi connectivity index (χ2v) is 5.95. The molecule has 0 atom stereocenters. The Balaban J connectivity index is 2.66. The molecule has 0 bridgehead atoms. The van der Waals surface area contributed by atoms with Crippen molar-refractivity contribution in [3.8, 4) is 0 Å². The van der Waals surface area contributed by atoms with Crippen LogP contribution in [0.4, 0.5) is 5.69 Å². The third-order valence-corrected chi connectivity index (χ3v) is 3.54. The maximum absolute atomic E-state index is 8.81. The predicted molar refractivity (Wildman–Crippen MR) is 87.6 cm³/mol. The molecule has 20 heavy (non-hydrogen) atoms. The van der Waals surface area contributed by atoms with Crippen molar-refractivity contribution in [2.45, 2.75) is 45.7 Å². The molecule has 0 unspecified atom stereocenters. The van der Waals surface area contributed by atoms with E-state index in [1.54, 1.807) is 0 Å². The Morgan fingerprint density at radius 1 is 1.25 bits per heavy atom. The van der Waals surface area contributed by atoms with Crippen LogP contribution in [0.25, 0.3) is 0 Å². The Morgan fingerprint density at radius 2 is 2.00 bits per heavy atom. The number of unbranched alkanes of at least 4 members (excludes halogenated alkanes) is 2. The Morgan fingerprint density at radius 3 is 2.65 bits per heavy atom. The summed E-state index contributed by atoms with van der Waals surface area (Å²) in [4.78, 5) is 2.27. The van der Waals surface area contributed by atoms with Crippen molar-refractivity contribution in [1.82, 2.24) is 5.32 Å². The molecule has 3 nitrogen and oxygen atoms in total. The van der Waals surface area contributed by atoms with Crippen LogP contribution in [0.3, 0.4) is 0 Å². The highest BCUT2D eigenvalue weighted by atomic mass is 35.5. The van der Waals surface area contributed by atoms with Gasteiger partial charge in [-0.05, 0) is 43.0 Å². The molecule has 0 fully saturated rings. The minimum absolute atomic E-state index is 0.286. The molecule has 114 valence electrons. The number of hydrogen-bond acceptors (Lipinski definition) is 3. The lowest BCUT2D eigenvalue weighted by atomic mass is 10.1. The van der Waals surface area contributed by atoms with Crippen molar-refractivity contribution in [3.63, 3.8) is 0 Å². The molecule has 0 saturated carbocycles. The molecule has 1 rings (SSSR count). The van der Waals surface area contributed by atoms with Crippen molar-refractivity contribution in [2.24, 2.45) is 0 Å². The molecule has 1 aromatic carbocycles. The number of halogens is 1. The van der Waals surface area contributed by atoms with Gasteiger partial charge in [-0.1, -0.05) is 25.4 Å². The van der Waals surface area contributed by atoms with Gasteiger partial charge in [-0.15, -0.1) is 0 Å². The van der Waals surface area contributed by atoms with E-state index >= 15 is 0 Å². The van der Waals surface area contributed by atoms with E-state index in [1.165, 1.54) is 11.3 Å². The van der Waals surface area contributed by atoms with Gasteiger partial charge >= 0.3 is 0 Å². The van der Waals surface area contributed by atoms with Gasteiger partial charge in [0.25, 0.3) is 0 Å². The van der Waals surface area contributed by atoms with Crippen LogP contribution in [0.1, 0.15) is 38.7 Å². The number of aliphatic hydroxyl groups excluding tert-OH is 1. The van der Waals surface area contributed by atoms with Crippen molar-refractivity contribution in [1.29, 1.82) is 0 Å². The first-order valence-corrected chi connectivity index (χ1v) is 7.76. The monoisotopic (exact) mass is 298 g/mol. The van der Waals surface area contributed by atoms with Gasteiger partial charge in [0.2, 0.25) is 0 Å². The van der Waals surface area contributed by atoms with E-state index in [0.717, 1.165) is 37.4 Å². The summed E-state index contributed by atoms with van der Waals surface area (Å²) in [5, 5.41) is 13.0. The summed E-state index contributed by atoms with van der Waals surface area (Å²) >= 11 is 6.11. The van der Waals surface area contributed by atoms with Crippen LogP contribution < -0.4 is 10.2 Å². The third kappa shape index (κ3) is 6.12. The molecule has 0 radical (unpaired) electrons. The fourth-order valence-electron chi connectivity index (χ4n) is 2.14. The Kier molecular flexibility index (Phi) is 7.97. The van der Waals surface area contributed by atoms with E-state index < -0.39 is 0 Å². The molecule has 1 aromatic rings. The van der Waals surface area contributed by atoms with Crippen molar-refractivity contribution in [2.75, 3.05) is 25.1 Å².